The molecule has 44 heavy (non-hydrogen) atoms. The average molecular weight is 640 g/mol. The summed E-state index contributed by atoms with van der Waals surface area (Å²) in [6.07, 6.45) is 0.728. The molecular formula is C26H29N11O5S2. The van der Waals surface area contributed by atoms with Crippen LogP contribution in [0.2, 0.25) is 0 Å². The summed E-state index contributed by atoms with van der Waals surface area (Å²) in [7, 11) is -2.06. The van der Waals surface area contributed by atoms with Gasteiger partial charge in [0.05, 0.1) is 17.1 Å². The molecule has 0 bridgehead atoms. The maximum Gasteiger partial charge on any atom is 0.283 e. The number of rotatable bonds is 7. The van der Waals surface area contributed by atoms with Crippen molar-refractivity contribution < 1.29 is 23.2 Å². The van der Waals surface area contributed by atoms with Gasteiger partial charge in [0.25, 0.3) is 5.91 Å². The minimum atomic E-state index is -4.06. The maximum absolute atomic E-state index is 13.8. The van der Waals surface area contributed by atoms with Gasteiger partial charge in [-0.05, 0) is 36.0 Å². The summed E-state index contributed by atoms with van der Waals surface area (Å²) < 4.78 is 28.9. The molecular weight excluding hydrogens is 610 g/mol. The monoisotopic (exact) mass is 639 g/mol. The number of likely N-dealkylation sites (N-methyl/N-ethyl adjacent to an activating group) is 1. The van der Waals surface area contributed by atoms with Crippen LogP contribution in [0.4, 0.5) is 0 Å². The van der Waals surface area contributed by atoms with Gasteiger partial charge in [0, 0.05) is 49.6 Å². The molecule has 1 fully saturated rings. The van der Waals surface area contributed by atoms with Crippen molar-refractivity contribution in [1.29, 1.82) is 0 Å². The minimum absolute atomic E-state index is 0.0147. The Kier molecular flexibility index (Phi) is 7.97. The minimum Gasteiger partial charge on any atom is -0.409 e. The van der Waals surface area contributed by atoms with E-state index in [4.69, 9.17) is 10.9 Å². The van der Waals surface area contributed by atoms with Gasteiger partial charge in [0.1, 0.15) is 6.04 Å². The van der Waals surface area contributed by atoms with Crippen LogP contribution in [0.3, 0.4) is 0 Å². The Morgan fingerprint density at radius 3 is 2.75 bits per heavy atom. The van der Waals surface area contributed by atoms with E-state index in [0.717, 1.165) is 23.5 Å². The summed E-state index contributed by atoms with van der Waals surface area (Å²) in [5.41, 5.74) is 7.05. The number of nitrogens with zero attached hydrogens (tertiary/aromatic N) is 8. The van der Waals surface area contributed by atoms with Crippen molar-refractivity contribution in [3.8, 4) is 0 Å². The van der Waals surface area contributed by atoms with Gasteiger partial charge in [-0.25, -0.2) is 13.4 Å². The lowest BCUT2D eigenvalue weighted by Gasteiger charge is -2.39. The van der Waals surface area contributed by atoms with Crippen LogP contribution in [0.5, 0.6) is 0 Å². The van der Waals surface area contributed by atoms with E-state index in [-0.39, 0.29) is 47.7 Å². The quantitative estimate of drug-likeness (QED) is 0.0893. The van der Waals surface area contributed by atoms with Gasteiger partial charge < -0.3 is 26.1 Å². The van der Waals surface area contributed by atoms with Crippen LogP contribution < -0.4 is 11.1 Å². The number of H-pyrrole nitrogens is 1. The van der Waals surface area contributed by atoms with Crippen LogP contribution in [-0.4, -0.2) is 110 Å². The smallest absolute Gasteiger partial charge is 0.283 e. The second kappa shape index (κ2) is 11.9. The number of benzene rings is 2. The van der Waals surface area contributed by atoms with Gasteiger partial charge in [-0.3, -0.25) is 9.59 Å². The van der Waals surface area contributed by atoms with E-state index in [1.54, 1.807) is 24.3 Å². The summed E-state index contributed by atoms with van der Waals surface area (Å²) in [6.45, 7) is 1.17. The number of amides is 2. The van der Waals surface area contributed by atoms with Crippen molar-refractivity contribution >= 4 is 49.8 Å². The zero-order valence-electron chi connectivity index (χ0n) is 23.5. The highest BCUT2D eigenvalue weighted by Crippen LogP contribution is 2.29. The first-order chi connectivity index (χ1) is 21.1. The Bertz CT molecular complexity index is 1860. The molecule has 0 radical (unpaired) electrons. The van der Waals surface area contributed by atoms with E-state index in [9.17, 15) is 18.0 Å². The first kappa shape index (κ1) is 29.5. The van der Waals surface area contributed by atoms with Crippen LogP contribution >= 0.6 is 11.3 Å². The molecule has 18 heteroatoms. The van der Waals surface area contributed by atoms with Crippen molar-refractivity contribution in [3.63, 3.8) is 0 Å². The molecule has 1 atom stereocenters. The topological polar surface area (TPSA) is 216 Å². The van der Waals surface area contributed by atoms with Crippen LogP contribution in [0, 0.1) is 0 Å². The Hall–Kier alpha value is -4.52. The Morgan fingerprint density at radius 1 is 1.18 bits per heavy atom. The third kappa shape index (κ3) is 5.71. The van der Waals surface area contributed by atoms with Crippen LogP contribution in [0.1, 0.15) is 31.8 Å². The van der Waals surface area contributed by atoms with Crippen LogP contribution in [-0.2, 0) is 34.3 Å². The third-order valence-electron chi connectivity index (χ3n) is 7.67. The number of amidine groups is 1. The van der Waals surface area contributed by atoms with Crippen molar-refractivity contribution in [2.75, 3.05) is 33.2 Å². The number of tetrazole rings is 1. The highest BCUT2D eigenvalue weighted by molar-refractivity contribution is 7.89. The molecule has 4 aromatic rings. The lowest BCUT2D eigenvalue weighted by atomic mass is 10.1. The normalized spacial score (nSPS) is 18.3. The molecule has 2 aromatic carbocycles. The summed E-state index contributed by atoms with van der Waals surface area (Å²) in [5, 5.41) is 29.7. The maximum atomic E-state index is 13.8. The van der Waals surface area contributed by atoms with Gasteiger partial charge in [0.15, 0.2) is 16.7 Å². The molecule has 2 amide bonds. The van der Waals surface area contributed by atoms with E-state index in [1.165, 1.54) is 32.7 Å². The largest absolute Gasteiger partial charge is 0.409 e. The Morgan fingerprint density at radius 2 is 1.98 bits per heavy atom. The lowest BCUT2D eigenvalue weighted by molar-refractivity contribution is -0.127. The second-order valence-corrected chi connectivity index (χ2v) is 13.5. The fourth-order valence-electron chi connectivity index (χ4n) is 5.27. The number of thiazole rings is 1. The van der Waals surface area contributed by atoms with Crippen molar-refractivity contribution in [3.05, 3.63) is 63.4 Å². The molecule has 1 saturated heterocycles. The highest BCUT2D eigenvalue weighted by atomic mass is 32.2. The number of aromatic amines is 1. The van der Waals surface area contributed by atoms with Gasteiger partial charge >= 0.3 is 0 Å². The molecule has 2 aromatic heterocycles. The molecule has 0 saturated carbocycles. The van der Waals surface area contributed by atoms with E-state index in [1.807, 2.05) is 7.05 Å². The number of hydrogen-bond donors (Lipinski definition) is 4. The van der Waals surface area contributed by atoms with E-state index >= 15 is 0 Å². The number of oxime groups is 1. The first-order valence-corrected chi connectivity index (χ1v) is 15.9. The second-order valence-electron chi connectivity index (χ2n) is 10.5. The molecule has 16 nitrogen and oxygen atoms in total. The number of piperazine rings is 1. The summed E-state index contributed by atoms with van der Waals surface area (Å²) in [4.78, 5) is 36.4. The zero-order valence-corrected chi connectivity index (χ0v) is 25.2. The van der Waals surface area contributed by atoms with Gasteiger partial charge in [-0.2, -0.15) is 9.52 Å². The highest BCUT2D eigenvalue weighted by Gasteiger charge is 2.41. The number of sulfonamides is 1. The summed E-state index contributed by atoms with van der Waals surface area (Å²) in [5.74, 6) is -0.807. The molecule has 5 N–H and O–H groups in total. The Labute approximate surface area is 255 Å². The predicted molar refractivity (Wildman–Crippen MR) is 158 cm³/mol. The fourth-order valence-corrected chi connectivity index (χ4v) is 7.89. The number of nitrogens with one attached hydrogen (secondary N) is 2. The van der Waals surface area contributed by atoms with Gasteiger partial charge in [-0.15, -0.1) is 21.5 Å². The number of hydrogen-bond acceptors (Lipinski definition) is 12. The molecule has 6 rings (SSSR count). The molecule has 2 aliphatic rings. The fraction of sp³-hybridized carbons (Fsp3) is 0.346. The zero-order chi connectivity index (χ0) is 31.0. The molecule has 1 unspecified atom stereocenters. The number of carbonyl (C=O) groups excluding carboxylic acids is 2. The van der Waals surface area contributed by atoms with Crippen LogP contribution in [0.15, 0.2) is 46.4 Å². The standard InChI is InChI=1S/C26H29N11O5S2/c1-35-7-6-19-21(14-35)43-25(29-19)26(39)37-9-8-36(13-20(37)24(38)28-12-22-30-33-34-31-22)44(41,42)18-5-4-15-10-17(23(27)32-40)3-2-16(15)11-18/h2-5,10-11,20,40H,6-9,12-14H2,1H3,(H2,27,32)(H,28,38)(H,30,31,33,34). The van der Waals surface area contributed by atoms with E-state index in [2.05, 4.69) is 41.0 Å². The van der Waals surface area contributed by atoms with Gasteiger partial charge in [0.2, 0.25) is 15.9 Å². The molecule has 4 heterocycles. The average Bonchev–Trinajstić information content (AvgIpc) is 3.72. The van der Waals surface area contributed by atoms with Crippen molar-refractivity contribution in [1.82, 2.24) is 45.0 Å². The predicted octanol–water partition coefficient (Wildman–Crippen LogP) is -0.276. The number of fused-ring (bicyclic) bond motifs is 2. The molecule has 2 aliphatic heterocycles. The lowest BCUT2D eigenvalue weighted by Crippen LogP contribution is -2.61. The van der Waals surface area contributed by atoms with E-state index in [0.29, 0.717) is 22.9 Å². The number of aromatic nitrogens is 5. The molecule has 230 valence electrons. The summed E-state index contributed by atoms with van der Waals surface area (Å²) >= 11 is 1.31. The number of nitrogens with two attached hydrogens (primary N) is 1. The molecule has 0 spiro atoms. The van der Waals surface area contributed by atoms with E-state index < -0.39 is 27.9 Å². The summed E-state index contributed by atoms with van der Waals surface area (Å²) in [6, 6.07) is 8.48. The first-order valence-electron chi connectivity index (χ1n) is 13.6. The molecule has 0 aliphatic carbocycles. The van der Waals surface area contributed by atoms with Gasteiger partial charge in [-0.1, -0.05) is 28.6 Å². The van der Waals surface area contributed by atoms with Crippen molar-refractivity contribution in [2.45, 2.75) is 30.4 Å². The SMILES string of the molecule is CN1CCc2nc(C(=O)N3CCN(S(=O)(=O)c4ccc5cc(C(N)=NO)ccc5c4)CC3C(=O)NCc3nn[nH]n3)sc2C1. The van der Waals surface area contributed by atoms with Crippen LogP contribution in [0.25, 0.3) is 10.8 Å². The number of carbonyl (C=O) groups is 2. The third-order valence-corrected chi connectivity index (χ3v) is 10.6. The van der Waals surface area contributed by atoms with Crippen molar-refractivity contribution in [2.24, 2.45) is 10.9 Å². The Balaban J connectivity index is 1.27.